The molecule has 4 nitrogen and oxygen atoms in total. The summed E-state index contributed by atoms with van der Waals surface area (Å²) in [4.78, 5) is 19.7. The summed E-state index contributed by atoms with van der Waals surface area (Å²) in [5, 5.41) is 2.36. The second-order valence-corrected chi connectivity index (χ2v) is 6.57. The first-order valence-electron chi connectivity index (χ1n) is 8.01. The molecule has 0 atom stereocenters. The number of carbonyl (C=O) groups is 1. The summed E-state index contributed by atoms with van der Waals surface area (Å²) in [5.74, 6) is -1.12. The topological polar surface area (TPSA) is 54.9 Å². The van der Waals surface area contributed by atoms with Gasteiger partial charge in [-0.3, -0.25) is 4.79 Å². The summed E-state index contributed by atoms with van der Waals surface area (Å²) >= 11 is 0.782. The fourth-order valence-electron chi connectivity index (χ4n) is 2.25. The van der Waals surface area contributed by atoms with Gasteiger partial charge in [0.05, 0.1) is 11.4 Å². The van der Waals surface area contributed by atoms with Crippen molar-refractivity contribution in [2.24, 2.45) is 0 Å². The van der Waals surface area contributed by atoms with E-state index in [1.54, 1.807) is 30.3 Å². The molecule has 0 radical (unpaired) electrons. The quantitative estimate of drug-likeness (QED) is 0.366. The molecule has 2 aromatic carbocycles. The summed E-state index contributed by atoms with van der Waals surface area (Å²) in [6.07, 6.45) is -4.64. The lowest BCUT2D eigenvalue weighted by Gasteiger charge is -2.10. The Morgan fingerprint density at radius 3 is 2.32 bits per heavy atom. The highest BCUT2D eigenvalue weighted by Gasteiger charge is 2.33. The van der Waals surface area contributed by atoms with Gasteiger partial charge in [-0.1, -0.05) is 42.1 Å². The van der Waals surface area contributed by atoms with Crippen molar-refractivity contribution in [3.63, 3.8) is 0 Å². The number of amides is 1. The number of carbonyl (C=O) groups excluding carboxylic acids is 1. The fourth-order valence-corrected chi connectivity index (χ4v) is 2.91. The first-order chi connectivity index (χ1) is 13.3. The molecule has 1 amide bonds. The van der Waals surface area contributed by atoms with E-state index < -0.39 is 23.6 Å². The number of thioether (sulfide) groups is 1. The van der Waals surface area contributed by atoms with Gasteiger partial charge in [0.2, 0.25) is 5.91 Å². The van der Waals surface area contributed by atoms with Crippen molar-refractivity contribution in [1.29, 1.82) is 0 Å². The molecule has 0 unspecified atom stereocenters. The molecule has 0 spiro atoms. The minimum Gasteiger partial charge on any atom is -0.325 e. The number of rotatable bonds is 5. The van der Waals surface area contributed by atoms with E-state index in [1.165, 1.54) is 24.3 Å². The van der Waals surface area contributed by atoms with E-state index in [9.17, 15) is 22.4 Å². The molecule has 0 aliphatic rings. The fraction of sp³-hybridized carbons (Fsp3) is 0.105. The zero-order valence-electron chi connectivity index (χ0n) is 14.2. The molecule has 1 N–H and O–H groups in total. The van der Waals surface area contributed by atoms with Gasteiger partial charge in [-0.15, -0.1) is 0 Å². The normalized spacial score (nSPS) is 11.3. The molecule has 3 aromatic rings. The lowest BCUT2D eigenvalue weighted by atomic mass is 10.1. The molecule has 3 rings (SSSR count). The van der Waals surface area contributed by atoms with E-state index in [-0.39, 0.29) is 16.6 Å². The number of halogens is 4. The number of aromatic nitrogens is 2. The van der Waals surface area contributed by atoms with Crippen LogP contribution in [-0.2, 0) is 11.0 Å². The van der Waals surface area contributed by atoms with Gasteiger partial charge in [0.25, 0.3) is 0 Å². The van der Waals surface area contributed by atoms with Gasteiger partial charge >= 0.3 is 6.18 Å². The molecule has 0 saturated heterocycles. The van der Waals surface area contributed by atoms with Gasteiger partial charge in [0, 0.05) is 11.3 Å². The van der Waals surface area contributed by atoms with Crippen molar-refractivity contribution in [1.82, 2.24) is 9.97 Å². The van der Waals surface area contributed by atoms with Crippen LogP contribution in [0.3, 0.4) is 0 Å². The van der Waals surface area contributed by atoms with Crippen LogP contribution in [0.15, 0.2) is 65.8 Å². The van der Waals surface area contributed by atoms with E-state index in [4.69, 9.17) is 0 Å². The average molecular weight is 407 g/mol. The predicted octanol–water partition coefficient (Wildman–Crippen LogP) is 5.03. The van der Waals surface area contributed by atoms with Crippen LogP contribution in [0.5, 0.6) is 0 Å². The Morgan fingerprint density at radius 1 is 1.00 bits per heavy atom. The lowest BCUT2D eigenvalue weighted by Crippen LogP contribution is -2.15. The van der Waals surface area contributed by atoms with Gasteiger partial charge in [-0.2, -0.15) is 13.2 Å². The zero-order valence-corrected chi connectivity index (χ0v) is 15.0. The highest BCUT2D eigenvalue weighted by molar-refractivity contribution is 7.99. The van der Waals surface area contributed by atoms with Crippen molar-refractivity contribution in [3.8, 4) is 11.3 Å². The van der Waals surface area contributed by atoms with Gasteiger partial charge < -0.3 is 5.32 Å². The summed E-state index contributed by atoms with van der Waals surface area (Å²) in [7, 11) is 0. The molecule has 0 aliphatic heterocycles. The molecule has 0 bridgehead atoms. The summed E-state index contributed by atoms with van der Waals surface area (Å²) in [6, 6.07) is 14.4. The molecule has 1 aromatic heterocycles. The number of nitrogens with one attached hydrogen (secondary N) is 1. The summed E-state index contributed by atoms with van der Waals surface area (Å²) < 4.78 is 52.4. The third kappa shape index (κ3) is 5.29. The maximum absolute atomic E-state index is 13.2. The van der Waals surface area contributed by atoms with Crippen LogP contribution in [0.25, 0.3) is 11.3 Å². The number of alkyl halides is 3. The van der Waals surface area contributed by atoms with Crippen LogP contribution in [0.4, 0.5) is 23.2 Å². The van der Waals surface area contributed by atoms with Gasteiger partial charge in [0.15, 0.2) is 5.16 Å². The minimum absolute atomic E-state index is 0.115. The lowest BCUT2D eigenvalue weighted by molar-refractivity contribution is -0.141. The van der Waals surface area contributed by atoms with Crippen LogP contribution < -0.4 is 5.32 Å². The van der Waals surface area contributed by atoms with Crippen molar-refractivity contribution in [2.45, 2.75) is 11.3 Å². The SMILES string of the molecule is O=C(CSc1nc(-c2ccccc2)cc(C(F)(F)F)n1)Nc1ccc(F)cc1. The third-order valence-electron chi connectivity index (χ3n) is 3.53. The highest BCUT2D eigenvalue weighted by Crippen LogP contribution is 2.32. The van der Waals surface area contributed by atoms with E-state index in [1.807, 2.05) is 0 Å². The molecule has 0 aliphatic carbocycles. The molecular weight excluding hydrogens is 394 g/mol. The number of nitrogens with zero attached hydrogens (tertiary/aromatic N) is 2. The molecule has 0 fully saturated rings. The number of hydrogen-bond acceptors (Lipinski definition) is 4. The summed E-state index contributed by atoms with van der Waals surface area (Å²) in [6.45, 7) is 0. The Labute approximate surface area is 162 Å². The average Bonchev–Trinajstić information content (AvgIpc) is 2.68. The van der Waals surface area contributed by atoms with E-state index >= 15 is 0 Å². The largest absolute Gasteiger partial charge is 0.433 e. The Hall–Kier alpha value is -2.94. The van der Waals surface area contributed by atoms with Crippen molar-refractivity contribution < 1.29 is 22.4 Å². The number of anilines is 1. The first-order valence-corrected chi connectivity index (χ1v) is 9.00. The summed E-state index contributed by atoms with van der Waals surface area (Å²) in [5.41, 5.74) is -0.0814. The minimum atomic E-state index is -4.64. The second-order valence-electron chi connectivity index (χ2n) is 5.63. The monoisotopic (exact) mass is 407 g/mol. The van der Waals surface area contributed by atoms with Crippen molar-refractivity contribution >= 4 is 23.4 Å². The van der Waals surface area contributed by atoms with Crippen LogP contribution in [0, 0.1) is 5.82 Å². The zero-order chi connectivity index (χ0) is 20.1. The van der Waals surface area contributed by atoms with E-state index in [0.717, 1.165) is 17.8 Å². The van der Waals surface area contributed by atoms with Gasteiger partial charge in [0.1, 0.15) is 11.5 Å². The van der Waals surface area contributed by atoms with E-state index in [2.05, 4.69) is 15.3 Å². The highest BCUT2D eigenvalue weighted by atomic mass is 32.2. The molecular formula is C19H13F4N3OS. The molecule has 1 heterocycles. The molecule has 0 saturated carbocycles. The van der Waals surface area contributed by atoms with Crippen LogP contribution in [-0.4, -0.2) is 21.6 Å². The maximum atomic E-state index is 13.2. The van der Waals surface area contributed by atoms with Crippen LogP contribution in [0.2, 0.25) is 0 Å². The smallest absolute Gasteiger partial charge is 0.325 e. The standard InChI is InChI=1S/C19H13F4N3OS/c20-13-6-8-14(9-7-13)24-17(27)11-28-18-25-15(12-4-2-1-3-5-12)10-16(26-18)19(21,22)23/h1-10H,11H2,(H,24,27). The van der Waals surface area contributed by atoms with Crippen LogP contribution >= 0.6 is 11.8 Å². The Kier molecular flexibility index (Phi) is 5.93. The number of benzene rings is 2. The van der Waals surface area contributed by atoms with Gasteiger partial charge in [-0.05, 0) is 30.3 Å². The maximum Gasteiger partial charge on any atom is 0.433 e. The van der Waals surface area contributed by atoms with Crippen molar-refractivity contribution in [3.05, 3.63) is 72.2 Å². The Morgan fingerprint density at radius 2 is 1.68 bits per heavy atom. The van der Waals surface area contributed by atoms with Crippen molar-refractivity contribution in [2.75, 3.05) is 11.1 Å². The molecule has 28 heavy (non-hydrogen) atoms. The molecule has 9 heteroatoms. The Balaban J connectivity index is 1.77. The van der Waals surface area contributed by atoms with E-state index in [0.29, 0.717) is 11.3 Å². The third-order valence-corrected chi connectivity index (χ3v) is 4.37. The Bertz CT molecular complexity index is 963. The predicted molar refractivity (Wildman–Crippen MR) is 98.2 cm³/mol. The second kappa shape index (κ2) is 8.39. The van der Waals surface area contributed by atoms with Gasteiger partial charge in [-0.25, -0.2) is 14.4 Å². The first kappa shape index (κ1) is 19.8. The van der Waals surface area contributed by atoms with Crippen LogP contribution in [0.1, 0.15) is 5.69 Å². The molecule has 144 valence electrons. The number of hydrogen-bond donors (Lipinski definition) is 1.